The molecule has 3 rings (SSSR count). The van der Waals surface area contributed by atoms with Gasteiger partial charge in [0.15, 0.2) is 0 Å². The number of hydrogen-bond acceptors (Lipinski definition) is 3. The van der Waals surface area contributed by atoms with Gasteiger partial charge in [-0.1, -0.05) is 27.5 Å². The Labute approximate surface area is 152 Å². The van der Waals surface area contributed by atoms with Crippen molar-refractivity contribution >= 4 is 33.4 Å². The van der Waals surface area contributed by atoms with Crippen LogP contribution in [0.15, 0.2) is 27.5 Å². The standard InChI is InChI=1S/C16H17BrClN3O3/c17-10-3-4-14(12(18)8-10)24-7-1-2-15(22)21-6-5-11-13(9-21)19-20-16(11)23/h3-4,8H,1-2,5-7,9H2,(H2,19,20,23). The Balaban J connectivity index is 1.45. The van der Waals surface area contributed by atoms with Gasteiger partial charge >= 0.3 is 0 Å². The van der Waals surface area contributed by atoms with E-state index < -0.39 is 0 Å². The van der Waals surface area contributed by atoms with Crippen LogP contribution in [-0.4, -0.2) is 34.2 Å². The number of nitrogens with one attached hydrogen (secondary N) is 2. The minimum absolute atomic E-state index is 0.0632. The lowest BCUT2D eigenvalue weighted by atomic mass is 10.1. The van der Waals surface area contributed by atoms with E-state index in [-0.39, 0.29) is 11.5 Å². The molecule has 1 aliphatic rings. The number of H-pyrrole nitrogens is 2. The minimum atomic E-state index is -0.0862. The lowest BCUT2D eigenvalue weighted by molar-refractivity contribution is -0.132. The topological polar surface area (TPSA) is 78.2 Å². The molecule has 1 aromatic carbocycles. The highest BCUT2D eigenvalue weighted by Gasteiger charge is 2.23. The second-order valence-electron chi connectivity index (χ2n) is 5.63. The smallest absolute Gasteiger partial charge is 0.267 e. The van der Waals surface area contributed by atoms with Gasteiger partial charge in [-0.15, -0.1) is 0 Å². The SMILES string of the molecule is O=C(CCCOc1ccc(Br)cc1Cl)N1CCc2c([nH][nH]c2=O)C1. The molecule has 1 amide bonds. The maximum absolute atomic E-state index is 12.3. The quantitative estimate of drug-likeness (QED) is 0.739. The number of carbonyl (C=O) groups is 1. The van der Waals surface area contributed by atoms with Crippen molar-refractivity contribution in [3.05, 3.63) is 49.3 Å². The number of halogens is 2. The van der Waals surface area contributed by atoms with E-state index in [2.05, 4.69) is 26.1 Å². The van der Waals surface area contributed by atoms with Crippen molar-refractivity contribution in [3.63, 3.8) is 0 Å². The number of nitrogens with zero attached hydrogens (tertiary/aromatic N) is 1. The molecule has 6 nitrogen and oxygen atoms in total. The maximum Gasteiger partial charge on any atom is 0.267 e. The number of aromatic amines is 2. The monoisotopic (exact) mass is 413 g/mol. The summed E-state index contributed by atoms with van der Waals surface area (Å²) in [4.78, 5) is 25.6. The normalized spacial score (nSPS) is 13.7. The summed E-state index contributed by atoms with van der Waals surface area (Å²) in [7, 11) is 0. The Hall–Kier alpha value is -1.73. The molecule has 8 heteroatoms. The highest BCUT2D eigenvalue weighted by molar-refractivity contribution is 9.10. The van der Waals surface area contributed by atoms with Crippen molar-refractivity contribution in [1.82, 2.24) is 15.1 Å². The fourth-order valence-corrected chi connectivity index (χ4v) is 3.43. The summed E-state index contributed by atoms with van der Waals surface area (Å²) < 4.78 is 6.50. The lowest BCUT2D eigenvalue weighted by Crippen LogP contribution is -2.36. The summed E-state index contributed by atoms with van der Waals surface area (Å²) in [6, 6.07) is 5.42. The van der Waals surface area contributed by atoms with Gasteiger partial charge in [0.05, 0.1) is 23.9 Å². The molecule has 2 aromatic rings. The average Bonchev–Trinajstić information content (AvgIpc) is 2.93. The molecule has 0 unspecified atom stereocenters. The van der Waals surface area contributed by atoms with Gasteiger partial charge in [-0.2, -0.15) is 0 Å². The average molecular weight is 415 g/mol. The summed E-state index contributed by atoms with van der Waals surface area (Å²) in [5.41, 5.74) is 1.47. The summed E-state index contributed by atoms with van der Waals surface area (Å²) >= 11 is 9.42. The van der Waals surface area contributed by atoms with Gasteiger partial charge in [-0.3, -0.25) is 14.7 Å². The Bertz CT molecular complexity index is 802. The van der Waals surface area contributed by atoms with Crippen molar-refractivity contribution < 1.29 is 9.53 Å². The molecule has 2 heterocycles. The predicted molar refractivity (Wildman–Crippen MR) is 94.4 cm³/mol. The fourth-order valence-electron chi connectivity index (χ4n) is 2.70. The summed E-state index contributed by atoms with van der Waals surface area (Å²) in [6.07, 6.45) is 1.60. The first-order valence-electron chi connectivity index (χ1n) is 7.68. The van der Waals surface area contributed by atoms with Crippen molar-refractivity contribution in [1.29, 1.82) is 0 Å². The first-order valence-corrected chi connectivity index (χ1v) is 8.85. The van der Waals surface area contributed by atoms with Gasteiger partial charge in [0.25, 0.3) is 5.56 Å². The van der Waals surface area contributed by atoms with E-state index in [0.29, 0.717) is 49.7 Å². The first kappa shape index (κ1) is 17.1. The second-order valence-corrected chi connectivity index (χ2v) is 6.95. The number of carbonyl (C=O) groups excluding carboxylic acids is 1. The number of ether oxygens (including phenoxy) is 1. The van der Waals surface area contributed by atoms with E-state index in [1.807, 2.05) is 6.07 Å². The zero-order chi connectivity index (χ0) is 17.1. The molecule has 1 aromatic heterocycles. The Morgan fingerprint density at radius 3 is 3.00 bits per heavy atom. The molecule has 2 N–H and O–H groups in total. The Kier molecular flexibility index (Phi) is 5.30. The van der Waals surface area contributed by atoms with Gasteiger partial charge in [0.1, 0.15) is 5.75 Å². The van der Waals surface area contributed by atoms with Crippen molar-refractivity contribution in [2.45, 2.75) is 25.8 Å². The van der Waals surface area contributed by atoms with Crippen LogP contribution in [0.1, 0.15) is 24.1 Å². The van der Waals surface area contributed by atoms with Gasteiger partial charge in [0, 0.05) is 23.0 Å². The third kappa shape index (κ3) is 3.84. The zero-order valence-electron chi connectivity index (χ0n) is 12.9. The molecule has 0 aliphatic carbocycles. The summed E-state index contributed by atoms with van der Waals surface area (Å²) in [6.45, 7) is 1.45. The molecule has 128 valence electrons. The molecule has 1 aliphatic heterocycles. The van der Waals surface area contributed by atoms with Crippen LogP contribution in [0.25, 0.3) is 0 Å². The van der Waals surface area contributed by atoms with E-state index in [1.54, 1.807) is 17.0 Å². The van der Waals surface area contributed by atoms with Crippen molar-refractivity contribution in [3.8, 4) is 5.75 Å². The van der Waals surface area contributed by atoms with Crippen molar-refractivity contribution in [2.75, 3.05) is 13.2 Å². The highest BCUT2D eigenvalue weighted by atomic mass is 79.9. The van der Waals surface area contributed by atoms with Crippen LogP contribution in [0.5, 0.6) is 5.75 Å². The lowest BCUT2D eigenvalue weighted by Gasteiger charge is -2.26. The van der Waals surface area contributed by atoms with Gasteiger partial charge in [-0.25, -0.2) is 0 Å². The van der Waals surface area contributed by atoms with E-state index in [0.717, 1.165) is 15.7 Å². The van der Waals surface area contributed by atoms with Crippen LogP contribution in [-0.2, 0) is 17.8 Å². The van der Waals surface area contributed by atoms with E-state index in [9.17, 15) is 9.59 Å². The molecule has 24 heavy (non-hydrogen) atoms. The van der Waals surface area contributed by atoms with Gasteiger partial charge < -0.3 is 14.7 Å². The van der Waals surface area contributed by atoms with E-state index in [1.165, 1.54) is 0 Å². The molecule has 0 fully saturated rings. The summed E-state index contributed by atoms with van der Waals surface area (Å²) in [5.74, 6) is 0.674. The molecule has 0 radical (unpaired) electrons. The number of fused-ring (bicyclic) bond motifs is 1. The van der Waals surface area contributed by atoms with Gasteiger partial charge in [0.2, 0.25) is 5.91 Å². The summed E-state index contributed by atoms with van der Waals surface area (Å²) in [5, 5.41) is 5.94. The van der Waals surface area contributed by atoms with Gasteiger partial charge in [-0.05, 0) is 31.0 Å². The zero-order valence-corrected chi connectivity index (χ0v) is 15.2. The van der Waals surface area contributed by atoms with Crippen LogP contribution in [0.4, 0.5) is 0 Å². The largest absolute Gasteiger partial charge is 0.492 e. The van der Waals surface area contributed by atoms with Crippen LogP contribution >= 0.6 is 27.5 Å². The first-order chi connectivity index (χ1) is 11.5. The van der Waals surface area contributed by atoms with Crippen LogP contribution in [0.3, 0.4) is 0 Å². The number of hydrogen-bond donors (Lipinski definition) is 2. The second kappa shape index (κ2) is 7.44. The highest BCUT2D eigenvalue weighted by Crippen LogP contribution is 2.27. The van der Waals surface area contributed by atoms with E-state index >= 15 is 0 Å². The number of rotatable bonds is 5. The molecule has 0 bridgehead atoms. The molecule has 0 saturated heterocycles. The number of aromatic nitrogens is 2. The fraction of sp³-hybridized carbons (Fsp3) is 0.375. The molecule has 0 spiro atoms. The third-order valence-corrected chi connectivity index (χ3v) is 4.77. The van der Waals surface area contributed by atoms with Crippen LogP contribution in [0.2, 0.25) is 5.02 Å². The third-order valence-electron chi connectivity index (χ3n) is 3.99. The Morgan fingerprint density at radius 2 is 2.21 bits per heavy atom. The number of amides is 1. The van der Waals surface area contributed by atoms with Crippen molar-refractivity contribution in [2.24, 2.45) is 0 Å². The Morgan fingerprint density at radius 1 is 1.38 bits per heavy atom. The molecular formula is C16H17BrClN3O3. The number of benzene rings is 1. The molecule has 0 saturated carbocycles. The van der Waals surface area contributed by atoms with E-state index in [4.69, 9.17) is 16.3 Å². The molecule has 0 atom stereocenters. The maximum atomic E-state index is 12.3. The minimum Gasteiger partial charge on any atom is -0.492 e. The van der Waals surface area contributed by atoms with Crippen LogP contribution < -0.4 is 10.3 Å². The molecular weight excluding hydrogens is 398 g/mol. The van der Waals surface area contributed by atoms with Crippen LogP contribution in [0, 0.1) is 0 Å². The predicted octanol–water partition coefficient (Wildman–Crippen LogP) is 2.86.